The molecule has 2 N–H and O–H groups in total. The lowest BCUT2D eigenvalue weighted by Crippen LogP contribution is -2.06. The van der Waals surface area contributed by atoms with Gasteiger partial charge in [0.05, 0.1) is 5.69 Å². The number of hydrogen-bond donors (Lipinski definition) is 1. The van der Waals surface area contributed by atoms with E-state index in [1.54, 1.807) is 12.1 Å². The molecule has 0 aliphatic carbocycles. The van der Waals surface area contributed by atoms with Gasteiger partial charge >= 0.3 is 0 Å². The summed E-state index contributed by atoms with van der Waals surface area (Å²) in [6.45, 7) is 0. The van der Waals surface area contributed by atoms with E-state index >= 15 is 0 Å². The molecule has 1 aromatic heterocycles. The summed E-state index contributed by atoms with van der Waals surface area (Å²) in [6.07, 6.45) is 0.378. The van der Waals surface area contributed by atoms with Gasteiger partial charge in [0.15, 0.2) is 5.16 Å². The van der Waals surface area contributed by atoms with Gasteiger partial charge in [-0.15, -0.1) is 0 Å². The molecule has 0 aliphatic heterocycles. The normalized spacial score (nSPS) is 10.5. The predicted molar refractivity (Wildman–Crippen MR) is 101 cm³/mol. The van der Waals surface area contributed by atoms with Crippen molar-refractivity contribution in [2.24, 2.45) is 0 Å². The molecule has 0 aliphatic rings. The Balaban J connectivity index is 1.87. The van der Waals surface area contributed by atoms with Gasteiger partial charge in [-0.2, -0.15) is 5.26 Å². The number of rotatable bonds is 5. The highest BCUT2D eigenvalue weighted by Crippen LogP contribution is 2.26. The van der Waals surface area contributed by atoms with Crippen LogP contribution < -0.4 is 5.73 Å². The Bertz CT molecular complexity index is 988. The van der Waals surface area contributed by atoms with Crippen LogP contribution >= 0.6 is 23.4 Å². The zero-order chi connectivity index (χ0) is 18.5. The summed E-state index contributed by atoms with van der Waals surface area (Å²) in [6, 6.07) is 15.8. The number of benzene rings is 2. The lowest BCUT2D eigenvalue weighted by Gasteiger charge is -2.09. The fourth-order valence-electron chi connectivity index (χ4n) is 2.41. The van der Waals surface area contributed by atoms with Crippen LogP contribution in [0, 0.1) is 17.1 Å². The minimum absolute atomic E-state index is 0.131. The number of hydrogen-bond acceptors (Lipinski definition) is 5. The lowest BCUT2D eigenvalue weighted by atomic mass is 10.1. The largest absolute Gasteiger partial charge is 0.382 e. The van der Waals surface area contributed by atoms with Crippen LogP contribution in [0.2, 0.25) is 5.02 Å². The Morgan fingerprint density at radius 2 is 1.96 bits per heavy atom. The number of halogens is 2. The standard InChI is InChI=1S/C19H14ClFN4S/c20-16-7-2-1-5-13(16)9-17-15(10-22)18(23)25-19(24-17)26-11-12-4-3-6-14(21)8-12/h1-8H,9,11H2,(H2,23,24,25). The third kappa shape index (κ3) is 4.31. The van der Waals surface area contributed by atoms with Gasteiger partial charge in [0.1, 0.15) is 23.3 Å². The number of thioether (sulfide) groups is 1. The zero-order valence-corrected chi connectivity index (χ0v) is 15.2. The van der Waals surface area contributed by atoms with E-state index in [9.17, 15) is 9.65 Å². The Kier molecular flexibility index (Phi) is 5.71. The molecule has 26 heavy (non-hydrogen) atoms. The second kappa shape index (κ2) is 8.17. The topological polar surface area (TPSA) is 75.6 Å². The summed E-state index contributed by atoms with van der Waals surface area (Å²) in [5.41, 5.74) is 8.38. The molecule has 1 heterocycles. The van der Waals surface area contributed by atoms with E-state index < -0.39 is 0 Å². The SMILES string of the molecule is N#Cc1c(N)nc(SCc2cccc(F)c2)nc1Cc1ccccc1Cl. The number of aromatic nitrogens is 2. The van der Waals surface area contributed by atoms with E-state index in [0.717, 1.165) is 11.1 Å². The number of nitrogen functional groups attached to an aromatic ring is 1. The van der Waals surface area contributed by atoms with Crippen LogP contribution in [0.4, 0.5) is 10.2 Å². The van der Waals surface area contributed by atoms with Crippen LogP contribution in [-0.2, 0) is 12.2 Å². The Labute approximate surface area is 159 Å². The number of nitrogens with two attached hydrogens (primary N) is 1. The summed E-state index contributed by atoms with van der Waals surface area (Å²) < 4.78 is 13.3. The van der Waals surface area contributed by atoms with Crippen molar-refractivity contribution in [3.05, 3.63) is 81.8 Å². The van der Waals surface area contributed by atoms with E-state index in [1.807, 2.05) is 24.3 Å². The van der Waals surface area contributed by atoms with Gasteiger partial charge in [-0.1, -0.05) is 53.7 Å². The Hall–Kier alpha value is -2.62. The summed E-state index contributed by atoms with van der Waals surface area (Å²) in [5, 5.41) is 10.4. The van der Waals surface area contributed by atoms with Gasteiger partial charge in [0, 0.05) is 17.2 Å². The van der Waals surface area contributed by atoms with Crippen LogP contribution in [0.1, 0.15) is 22.4 Å². The third-order valence-corrected chi connectivity index (χ3v) is 4.96. The van der Waals surface area contributed by atoms with Gasteiger partial charge in [0.25, 0.3) is 0 Å². The van der Waals surface area contributed by atoms with E-state index in [1.165, 1.54) is 23.9 Å². The third-order valence-electron chi connectivity index (χ3n) is 3.68. The fraction of sp³-hybridized carbons (Fsp3) is 0.105. The molecule has 4 nitrogen and oxygen atoms in total. The fourth-order valence-corrected chi connectivity index (χ4v) is 3.43. The first-order valence-electron chi connectivity index (χ1n) is 7.74. The molecule has 3 aromatic rings. The lowest BCUT2D eigenvalue weighted by molar-refractivity contribution is 0.626. The molecule has 0 unspecified atom stereocenters. The maximum absolute atomic E-state index is 13.3. The molecule has 0 radical (unpaired) electrons. The molecule has 130 valence electrons. The van der Waals surface area contributed by atoms with Crippen LogP contribution in [0.15, 0.2) is 53.7 Å². The quantitative estimate of drug-likeness (QED) is 0.513. The molecule has 7 heteroatoms. The smallest absolute Gasteiger partial charge is 0.190 e. The van der Waals surface area contributed by atoms with Crippen molar-refractivity contribution in [3.8, 4) is 6.07 Å². The highest BCUT2D eigenvalue weighted by atomic mass is 35.5. The van der Waals surface area contributed by atoms with Gasteiger partial charge < -0.3 is 5.73 Å². The summed E-state index contributed by atoms with van der Waals surface area (Å²) >= 11 is 7.54. The van der Waals surface area contributed by atoms with Crippen molar-refractivity contribution in [1.29, 1.82) is 5.26 Å². The second-order valence-corrected chi connectivity index (χ2v) is 6.86. The van der Waals surface area contributed by atoms with E-state index in [4.69, 9.17) is 17.3 Å². The van der Waals surface area contributed by atoms with Gasteiger partial charge in [0.2, 0.25) is 0 Å². The molecule has 0 saturated heterocycles. The molecule has 0 fully saturated rings. The second-order valence-electron chi connectivity index (χ2n) is 5.51. The van der Waals surface area contributed by atoms with Crippen LogP contribution in [0.3, 0.4) is 0 Å². The number of nitrogens with zero attached hydrogens (tertiary/aromatic N) is 3. The van der Waals surface area contributed by atoms with E-state index in [-0.39, 0.29) is 17.2 Å². The first-order valence-corrected chi connectivity index (χ1v) is 9.10. The average molecular weight is 385 g/mol. The average Bonchev–Trinajstić information content (AvgIpc) is 2.62. The maximum atomic E-state index is 13.3. The maximum Gasteiger partial charge on any atom is 0.190 e. The van der Waals surface area contributed by atoms with E-state index in [0.29, 0.717) is 28.0 Å². The molecular weight excluding hydrogens is 371 g/mol. The number of nitriles is 1. The molecule has 3 rings (SSSR count). The number of anilines is 1. The zero-order valence-electron chi connectivity index (χ0n) is 13.6. The molecule has 0 saturated carbocycles. The van der Waals surface area contributed by atoms with Crippen molar-refractivity contribution in [1.82, 2.24) is 9.97 Å². The molecular formula is C19H14ClFN4S. The minimum Gasteiger partial charge on any atom is -0.382 e. The predicted octanol–water partition coefficient (Wildman–Crippen LogP) is 4.61. The van der Waals surface area contributed by atoms with Crippen LogP contribution in [-0.4, -0.2) is 9.97 Å². The van der Waals surface area contributed by atoms with Crippen molar-refractivity contribution in [2.75, 3.05) is 5.73 Å². The molecule has 2 aromatic carbocycles. The van der Waals surface area contributed by atoms with Crippen molar-refractivity contribution in [2.45, 2.75) is 17.3 Å². The van der Waals surface area contributed by atoms with Crippen molar-refractivity contribution in [3.63, 3.8) is 0 Å². The summed E-state index contributed by atoms with van der Waals surface area (Å²) in [4.78, 5) is 8.66. The van der Waals surface area contributed by atoms with Crippen molar-refractivity contribution < 1.29 is 4.39 Å². The molecule has 0 atom stereocenters. The molecule has 0 amide bonds. The van der Waals surface area contributed by atoms with Gasteiger partial charge in [-0.25, -0.2) is 14.4 Å². The first kappa shape index (κ1) is 18.2. The highest BCUT2D eigenvalue weighted by molar-refractivity contribution is 7.98. The van der Waals surface area contributed by atoms with E-state index in [2.05, 4.69) is 16.0 Å². The molecule has 0 spiro atoms. The van der Waals surface area contributed by atoms with Crippen LogP contribution in [0.25, 0.3) is 0 Å². The van der Waals surface area contributed by atoms with Gasteiger partial charge in [-0.05, 0) is 29.3 Å². The first-order chi connectivity index (χ1) is 12.6. The Morgan fingerprint density at radius 1 is 1.15 bits per heavy atom. The summed E-state index contributed by atoms with van der Waals surface area (Å²) in [5.74, 6) is 0.336. The minimum atomic E-state index is -0.289. The Morgan fingerprint density at radius 3 is 2.69 bits per heavy atom. The van der Waals surface area contributed by atoms with Crippen molar-refractivity contribution >= 4 is 29.2 Å². The van der Waals surface area contributed by atoms with Crippen LogP contribution in [0.5, 0.6) is 0 Å². The van der Waals surface area contributed by atoms with Gasteiger partial charge in [-0.3, -0.25) is 0 Å². The highest BCUT2D eigenvalue weighted by Gasteiger charge is 2.14. The monoisotopic (exact) mass is 384 g/mol. The summed E-state index contributed by atoms with van der Waals surface area (Å²) in [7, 11) is 0. The molecule has 0 bridgehead atoms.